The number of aryl methyl sites for hydroxylation is 1. The predicted molar refractivity (Wildman–Crippen MR) is 78.6 cm³/mol. The van der Waals surface area contributed by atoms with Crippen LogP contribution in [0.1, 0.15) is 37.3 Å². The van der Waals surface area contributed by atoms with Crippen molar-refractivity contribution >= 4 is 5.69 Å². The molecule has 0 aliphatic carbocycles. The minimum Gasteiger partial charge on any atom is -0.385 e. The highest BCUT2D eigenvalue weighted by molar-refractivity contribution is 5.59. The summed E-state index contributed by atoms with van der Waals surface area (Å²) in [7, 11) is 0. The maximum Gasteiger partial charge on any atom is 0.0645 e. The van der Waals surface area contributed by atoms with Gasteiger partial charge in [0, 0.05) is 30.9 Å². The minimum absolute atomic E-state index is 0.135. The van der Waals surface area contributed by atoms with E-state index >= 15 is 0 Å². The van der Waals surface area contributed by atoms with Gasteiger partial charge in [0.2, 0.25) is 0 Å². The summed E-state index contributed by atoms with van der Waals surface area (Å²) in [5.41, 5.74) is 4.36. The Hall–Kier alpha value is -1.06. The Labute approximate surface area is 115 Å². The highest BCUT2D eigenvalue weighted by Crippen LogP contribution is 2.27. The molecule has 0 saturated carbocycles. The first kappa shape index (κ1) is 12.9. The molecule has 2 heterocycles. The molecule has 2 N–H and O–H groups in total. The van der Waals surface area contributed by atoms with E-state index in [4.69, 9.17) is 4.74 Å². The zero-order valence-corrected chi connectivity index (χ0v) is 11.8. The van der Waals surface area contributed by atoms with Crippen LogP contribution >= 0.6 is 0 Å². The molecule has 3 heteroatoms. The molecule has 104 valence electrons. The molecule has 3 nitrogen and oxygen atoms in total. The van der Waals surface area contributed by atoms with E-state index in [9.17, 15) is 0 Å². The van der Waals surface area contributed by atoms with Crippen LogP contribution in [0.5, 0.6) is 0 Å². The fourth-order valence-corrected chi connectivity index (χ4v) is 3.11. The average Bonchev–Trinajstić information content (AvgIpc) is 2.46. The number of ether oxygens (including phenoxy) is 1. The summed E-state index contributed by atoms with van der Waals surface area (Å²) in [6.45, 7) is 6.05. The molecule has 1 saturated heterocycles. The lowest BCUT2D eigenvalue weighted by molar-refractivity contribution is 0.0278. The maximum atomic E-state index is 5.61. The molecule has 0 radical (unpaired) electrons. The van der Waals surface area contributed by atoms with Gasteiger partial charge in [-0.15, -0.1) is 0 Å². The Morgan fingerprint density at radius 1 is 1.37 bits per heavy atom. The van der Waals surface area contributed by atoms with E-state index in [2.05, 4.69) is 35.8 Å². The second-order valence-electron chi connectivity index (χ2n) is 6.05. The van der Waals surface area contributed by atoms with Gasteiger partial charge in [-0.3, -0.25) is 0 Å². The number of benzene rings is 1. The summed E-state index contributed by atoms with van der Waals surface area (Å²) >= 11 is 0. The molecule has 2 aliphatic heterocycles. The van der Waals surface area contributed by atoms with Gasteiger partial charge in [0.1, 0.15) is 0 Å². The number of fused-ring (bicyclic) bond motifs is 1. The lowest BCUT2D eigenvalue weighted by atomic mass is 9.93. The Morgan fingerprint density at radius 3 is 3.16 bits per heavy atom. The van der Waals surface area contributed by atoms with Crippen LogP contribution in [0.3, 0.4) is 0 Å². The first-order chi connectivity index (χ1) is 9.27. The van der Waals surface area contributed by atoms with Gasteiger partial charge in [0.15, 0.2) is 0 Å². The van der Waals surface area contributed by atoms with Crippen LogP contribution < -0.4 is 10.6 Å². The van der Waals surface area contributed by atoms with E-state index < -0.39 is 0 Å². The second kappa shape index (κ2) is 5.51. The molecule has 3 rings (SSSR count). The highest BCUT2D eigenvalue weighted by Gasteiger charge is 2.27. The number of rotatable bonds is 3. The van der Waals surface area contributed by atoms with Crippen LogP contribution in [0.25, 0.3) is 0 Å². The van der Waals surface area contributed by atoms with Gasteiger partial charge in [-0.25, -0.2) is 0 Å². The maximum absolute atomic E-state index is 5.61. The Morgan fingerprint density at radius 2 is 2.32 bits per heavy atom. The fourth-order valence-electron chi connectivity index (χ4n) is 3.11. The summed E-state index contributed by atoms with van der Waals surface area (Å²) in [6, 6.07) is 6.66. The van der Waals surface area contributed by atoms with Crippen LogP contribution in [0, 0.1) is 0 Å². The van der Waals surface area contributed by atoms with Crippen LogP contribution in [-0.4, -0.2) is 25.3 Å². The molecular weight excluding hydrogens is 236 g/mol. The molecule has 1 aromatic carbocycles. The molecule has 1 aromatic rings. The molecule has 1 unspecified atom stereocenters. The predicted octanol–water partition coefficient (Wildman–Crippen LogP) is 2.70. The van der Waals surface area contributed by atoms with Gasteiger partial charge < -0.3 is 15.4 Å². The molecule has 1 fully saturated rings. The molecule has 0 bridgehead atoms. The van der Waals surface area contributed by atoms with Crippen LogP contribution in [0.15, 0.2) is 18.2 Å². The quantitative estimate of drug-likeness (QED) is 0.876. The Balaban J connectivity index is 1.69. The van der Waals surface area contributed by atoms with Crippen LogP contribution in [0.2, 0.25) is 0 Å². The van der Waals surface area contributed by atoms with Gasteiger partial charge in [-0.1, -0.05) is 18.2 Å². The Bertz CT molecular complexity index is 438. The average molecular weight is 260 g/mol. The van der Waals surface area contributed by atoms with Crippen molar-refractivity contribution in [1.29, 1.82) is 0 Å². The molecule has 0 spiro atoms. The van der Waals surface area contributed by atoms with E-state index in [0.717, 1.165) is 32.7 Å². The Kier molecular flexibility index (Phi) is 3.76. The second-order valence-corrected chi connectivity index (χ2v) is 6.05. The first-order valence-corrected chi connectivity index (χ1v) is 7.44. The number of nitrogens with one attached hydrogen (secondary N) is 2. The van der Waals surface area contributed by atoms with Crippen molar-refractivity contribution in [2.75, 3.05) is 25.1 Å². The van der Waals surface area contributed by atoms with Crippen LogP contribution in [0.4, 0.5) is 5.69 Å². The number of para-hydroxylation sites is 1. The molecular formula is C16H24N2O. The van der Waals surface area contributed by atoms with E-state index in [1.54, 1.807) is 0 Å². The lowest BCUT2D eigenvalue weighted by Gasteiger charge is -2.35. The first-order valence-electron chi connectivity index (χ1n) is 7.44. The largest absolute Gasteiger partial charge is 0.385 e. The van der Waals surface area contributed by atoms with E-state index in [1.807, 2.05) is 0 Å². The molecule has 19 heavy (non-hydrogen) atoms. The van der Waals surface area contributed by atoms with Crippen molar-refractivity contribution in [3.63, 3.8) is 0 Å². The van der Waals surface area contributed by atoms with Crippen molar-refractivity contribution in [3.05, 3.63) is 29.3 Å². The van der Waals surface area contributed by atoms with Crippen molar-refractivity contribution in [3.8, 4) is 0 Å². The lowest BCUT2D eigenvalue weighted by Crippen LogP contribution is -2.48. The van der Waals surface area contributed by atoms with Crippen LogP contribution in [-0.2, 0) is 17.7 Å². The molecule has 0 aromatic heterocycles. The normalized spacial score (nSPS) is 26.6. The van der Waals surface area contributed by atoms with Gasteiger partial charge in [-0.05, 0) is 43.7 Å². The standard InChI is InChI=1S/C16H24N2O/c1-16(8-4-10-19-12-16)18-11-14-6-2-5-13-7-3-9-17-15(13)14/h2,5-6,17-18H,3-4,7-12H2,1H3. The summed E-state index contributed by atoms with van der Waals surface area (Å²) in [6.07, 6.45) is 4.82. The number of anilines is 1. The topological polar surface area (TPSA) is 33.3 Å². The number of hydrogen-bond donors (Lipinski definition) is 2. The fraction of sp³-hybridized carbons (Fsp3) is 0.625. The zero-order chi connectivity index (χ0) is 13.1. The van der Waals surface area contributed by atoms with Gasteiger partial charge in [0.05, 0.1) is 6.61 Å². The zero-order valence-electron chi connectivity index (χ0n) is 11.8. The third-order valence-corrected chi connectivity index (χ3v) is 4.31. The summed E-state index contributed by atoms with van der Waals surface area (Å²) in [5.74, 6) is 0. The molecule has 1 atom stereocenters. The van der Waals surface area contributed by atoms with Gasteiger partial charge in [0.25, 0.3) is 0 Å². The van der Waals surface area contributed by atoms with Crippen molar-refractivity contribution in [2.45, 2.75) is 44.7 Å². The summed E-state index contributed by atoms with van der Waals surface area (Å²) < 4.78 is 5.61. The van der Waals surface area contributed by atoms with E-state index in [-0.39, 0.29) is 5.54 Å². The van der Waals surface area contributed by atoms with Crippen molar-refractivity contribution in [1.82, 2.24) is 5.32 Å². The van der Waals surface area contributed by atoms with Gasteiger partial charge in [-0.2, -0.15) is 0 Å². The third-order valence-electron chi connectivity index (χ3n) is 4.31. The molecule has 2 aliphatic rings. The number of hydrogen-bond acceptors (Lipinski definition) is 3. The van der Waals surface area contributed by atoms with Crippen molar-refractivity contribution in [2.24, 2.45) is 0 Å². The third kappa shape index (κ3) is 2.93. The molecule has 0 amide bonds. The summed E-state index contributed by atoms with van der Waals surface area (Å²) in [4.78, 5) is 0. The van der Waals surface area contributed by atoms with E-state index in [1.165, 1.54) is 36.1 Å². The van der Waals surface area contributed by atoms with Gasteiger partial charge >= 0.3 is 0 Å². The monoisotopic (exact) mass is 260 g/mol. The minimum atomic E-state index is 0.135. The van der Waals surface area contributed by atoms with Crippen molar-refractivity contribution < 1.29 is 4.74 Å². The van der Waals surface area contributed by atoms with E-state index in [0.29, 0.717) is 0 Å². The summed E-state index contributed by atoms with van der Waals surface area (Å²) in [5, 5.41) is 7.26. The smallest absolute Gasteiger partial charge is 0.0645 e. The SMILES string of the molecule is CC1(NCc2cccc3c2NCCC3)CCCOC1. The highest BCUT2D eigenvalue weighted by atomic mass is 16.5.